The van der Waals surface area contributed by atoms with E-state index in [4.69, 9.17) is 0 Å². The van der Waals surface area contributed by atoms with Gasteiger partial charge in [-0.25, -0.2) is 4.79 Å². The zero-order valence-corrected chi connectivity index (χ0v) is 10.5. The van der Waals surface area contributed by atoms with Crippen LogP contribution >= 0.6 is 11.3 Å². The van der Waals surface area contributed by atoms with Gasteiger partial charge in [-0.3, -0.25) is 19.8 Å². The van der Waals surface area contributed by atoms with Crippen molar-refractivity contribution >= 4 is 29.2 Å². The minimum atomic E-state index is -0.967. The van der Waals surface area contributed by atoms with Gasteiger partial charge >= 0.3 is 6.03 Å². The number of carbonyl (C=O) groups is 3. The number of hydrogen-bond acceptors (Lipinski definition) is 4. The van der Waals surface area contributed by atoms with Gasteiger partial charge in [-0.2, -0.15) is 0 Å². The van der Waals surface area contributed by atoms with E-state index in [0.717, 1.165) is 16.2 Å². The predicted octanol–water partition coefficient (Wildman–Crippen LogP) is 1.50. The number of thiophene rings is 1. The molecule has 3 rings (SSSR count). The maximum atomic E-state index is 12.3. The van der Waals surface area contributed by atoms with E-state index in [1.165, 1.54) is 11.3 Å². The number of carbonyl (C=O) groups excluding carboxylic acids is 3. The molecule has 5 nitrogen and oxygen atoms in total. The largest absolute Gasteiger partial charge is 0.331 e. The topological polar surface area (TPSA) is 66.5 Å². The first-order chi connectivity index (χ1) is 8.63. The van der Waals surface area contributed by atoms with E-state index in [-0.39, 0.29) is 12.5 Å². The monoisotopic (exact) mass is 264 g/mol. The lowest BCUT2D eigenvalue weighted by Crippen LogP contribution is -2.65. The third-order valence-electron chi connectivity index (χ3n) is 3.66. The van der Waals surface area contributed by atoms with Crippen molar-refractivity contribution in [3.05, 3.63) is 22.4 Å². The van der Waals surface area contributed by atoms with Crippen LogP contribution in [0.5, 0.6) is 0 Å². The number of barbiturate groups is 1. The van der Waals surface area contributed by atoms with Gasteiger partial charge in [0.2, 0.25) is 11.8 Å². The highest BCUT2D eigenvalue weighted by atomic mass is 32.1. The Hall–Kier alpha value is -1.69. The summed E-state index contributed by atoms with van der Waals surface area (Å²) in [5.74, 6) is -0.762. The highest BCUT2D eigenvalue weighted by molar-refractivity contribution is 7.09. The molecule has 1 aromatic rings. The minimum absolute atomic E-state index is 0.247. The van der Waals surface area contributed by atoms with Gasteiger partial charge in [-0.15, -0.1) is 11.3 Å². The van der Waals surface area contributed by atoms with Crippen LogP contribution in [0, 0.1) is 5.41 Å². The quantitative estimate of drug-likeness (QED) is 0.823. The van der Waals surface area contributed by atoms with Crippen molar-refractivity contribution in [3.8, 4) is 0 Å². The number of rotatable bonds is 2. The summed E-state index contributed by atoms with van der Waals surface area (Å²) in [6, 6.07) is 3.14. The van der Waals surface area contributed by atoms with Gasteiger partial charge in [-0.05, 0) is 24.3 Å². The summed E-state index contributed by atoms with van der Waals surface area (Å²) in [5.41, 5.74) is -0.967. The molecule has 1 spiro atoms. The Morgan fingerprint density at radius 1 is 1.33 bits per heavy atom. The summed E-state index contributed by atoms with van der Waals surface area (Å²) >= 11 is 1.49. The number of hydrogen-bond donors (Lipinski definition) is 1. The van der Waals surface area contributed by atoms with Gasteiger partial charge in [0, 0.05) is 4.88 Å². The molecule has 1 aliphatic heterocycles. The highest BCUT2D eigenvalue weighted by Crippen LogP contribution is 2.44. The van der Waals surface area contributed by atoms with Gasteiger partial charge in [-0.1, -0.05) is 12.5 Å². The average molecular weight is 264 g/mol. The van der Waals surface area contributed by atoms with Gasteiger partial charge in [0.25, 0.3) is 0 Å². The smallest absolute Gasteiger partial charge is 0.277 e. The van der Waals surface area contributed by atoms with E-state index in [9.17, 15) is 14.4 Å². The summed E-state index contributed by atoms with van der Waals surface area (Å²) in [7, 11) is 0. The Kier molecular flexibility index (Phi) is 2.48. The molecule has 1 saturated heterocycles. The zero-order chi connectivity index (χ0) is 12.8. The lowest BCUT2D eigenvalue weighted by molar-refractivity contribution is -0.158. The van der Waals surface area contributed by atoms with E-state index in [1.807, 2.05) is 17.5 Å². The summed E-state index contributed by atoms with van der Waals surface area (Å²) in [6.07, 6.45) is 1.96. The molecule has 2 aliphatic rings. The highest BCUT2D eigenvalue weighted by Gasteiger charge is 2.57. The molecule has 0 radical (unpaired) electrons. The second kappa shape index (κ2) is 3.91. The molecule has 0 atom stereocenters. The molecule has 2 heterocycles. The van der Waals surface area contributed by atoms with Crippen molar-refractivity contribution in [2.24, 2.45) is 5.41 Å². The molecular weight excluding hydrogens is 252 g/mol. The third kappa shape index (κ3) is 1.49. The van der Waals surface area contributed by atoms with E-state index in [1.54, 1.807) is 0 Å². The van der Waals surface area contributed by atoms with Gasteiger partial charge < -0.3 is 0 Å². The molecule has 1 aromatic heterocycles. The maximum absolute atomic E-state index is 12.3. The standard InChI is InChI=1S/C12H12N2O3S/c15-9-12(4-2-5-12)10(16)14(11(17)13-9)7-8-3-1-6-18-8/h1,3,6H,2,4-5,7H2,(H,13,15,17). The molecule has 0 bridgehead atoms. The molecule has 1 N–H and O–H groups in total. The van der Waals surface area contributed by atoms with Crippen LogP contribution in [0.2, 0.25) is 0 Å². The van der Waals surface area contributed by atoms with Crippen LogP contribution in [-0.2, 0) is 16.1 Å². The Bertz CT molecular complexity index is 519. The molecule has 94 valence electrons. The van der Waals surface area contributed by atoms with Crippen LogP contribution in [0.4, 0.5) is 4.79 Å². The third-order valence-corrected chi connectivity index (χ3v) is 4.52. The lowest BCUT2D eigenvalue weighted by Gasteiger charge is -2.44. The second-order valence-corrected chi connectivity index (χ2v) is 5.70. The second-order valence-electron chi connectivity index (χ2n) is 4.67. The SMILES string of the molecule is O=C1NC(=O)C2(CCC2)C(=O)N1Cc1cccs1. The Labute approximate surface area is 108 Å². The van der Waals surface area contributed by atoms with Crippen molar-refractivity contribution < 1.29 is 14.4 Å². The summed E-state index contributed by atoms with van der Waals surface area (Å²) in [5, 5.41) is 4.19. The molecule has 0 unspecified atom stereocenters. The fraction of sp³-hybridized carbons (Fsp3) is 0.417. The van der Waals surface area contributed by atoms with Crippen LogP contribution < -0.4 is 5.32 Å². The van der Waals surface area contributed by atoms with Crippen molar-refractivity contribution in [1.29, 1.82) is 0 Å². The zero-order valence-electron chi connectivity index (χ0n) is 9.64. The van der Waals surface area contributed by atoms with E-state index in [0.29, 0.717) is 12.8 Å². The fourth-order valence-electron chi connectivity index (χ4n) is 2.41. The first kappa shape index (κ1) is 11.4. The van der Waals surface area contributed by atoms with Crippen molar-refractivity contribution in [1.82, 2.24) is 10.2 Å². The molecule has 4 amide bonds. The number of nitrogens with zero attached hydrogens (tertiary/aromatic N) is 1. The Morgan fingerprint density at radius 3 is 2.67 bits per heavy atom. The van der Waals surface area contributed by atoms with Crippen LogP contribution in [0.25, 0.3) is 0 Å². The number of imide groups is 2. The molecule has 1 saturated carbocycles. The Balaban J connectivity index is 1.87. The lowest BCUT2D eigenvalue weighted by atomic mass is 9.66. The van der Waals surface area contributed by atoms with Gasteiger partial charge in [0.1, 0.15) is 5.41 Å². The summed E-state index contributed by atoms with van der Waals surface area (Å²) < 4.78 is 0. The number of urea groups is 1. The molecule has 18 heavy (non-hydrogen) atoms. The van der Waals surface area contributed by atoms with Crippen LogP contribution in [0.1, 0.15) is 24.1 Å². The van der Waals surface area contributed by atoms with Crippen LogP contribution in [-0.4, -0.2) is 22.7 Å². The first-order valence-electron chi connectivity index (χ1n) is 5.83. The van der Waals surface area contributed by atoms with E-state index >= 15 is 0 Å². The Morgan fingerprint density at radius 2 is 2.11 bits per heavy atom. The van der Waals surface area contributed by atoms with E-state index < -0.39 is 17.4 Å². The maximum Gasteiger partial charge on any atom is 0.331 e. The molecule has 0 aromatic carbocycles. The van der Waals surface area contributed by atoms with Crippen LogP contribution in [0.15, 0.2) is 17.5 Å². The fourth-order valence-corrected chi connectivity index (χ4v) is 3.10. The average Bonchev–Trinajstić information content (AvgIpc) is 2.74. The predicted molar refractivity (Wildman–Crippen MR) is 64.7 cm³/mol. The molecule has 6 heteroatoms. The minimum Gasteiger partial charge on any atom is -0.277 e. The molecular formula is C12H12N2O3S. The van der Waals surface area contributed by atoms with Gasteiger partial charge in [0.05, 0.1) is 6.54 Å². The van der Waals surface area contributed by atoms with Crippen molar-refractivity contribution in [2.75, 3.05) is 0 Å². The molecule has 1 aliphatic carbocycles. The summed E-state index contributed by atoms with van der Waals surface area (Å²) in [4.78, 5) is 38.0. The van der Waals surface area contributed by atoms with Crippen LogP contribution in [0.3, 0.4) is 0 Å². The number of nitrogens with one attached hydrogen (secondary N) is 1. The molecule has 2 fully saturated rings. The first-order valence-corrected chi connectivity index (χ1v) is 6.71. The van der Waals surface area contributed by atoms with Crippen molar-refractivity contribution in [2.45, 2.75) is 25.8 Å². The summed E-state index contributed by atoms with van der Waals surface area (Å²) in [6.45, 7) is 0.247. The van der Waals surface area contributed by atoms with E-state index in [2.05, 4.69) is 5.32 Å². The normalized spacial score (nSPS) is 22.0. The number of amides is 4. The van der Waals surface area contributed by atoms with Crippen molar-refractivity contribution in [3.63, 3.8) is 0 Å². The van der Waals surface area contributed by atoms with Gasteiger partial charge in [0.15, 0.2) is 0 Å².